The molecule has 1 aromatic heterocycles. The SMILES string of the molecule is NCC(c1ccc2c(c1)CC(=O)N2)c1ncccn1. The summed E-state index contributed by atoms with van der Waals surface area (Å²) in [7, 11) is 0. The second kappa shape index (κ2) is 4.78. The van der Waals surface area contributed by atoms with Gasteiger partial charge in [-0.2, -0.15) is 0 Å². The van der Waals surface area contributed by atoms with Gasteiger partial charge in [0.2, 0.25) is 5.91 Å². The summed E-state index contributed by atoms with van der Waals surface area (Å²) in [5.74, 6) is 0.705. The van der Waals surface area contributed by atoms with Crippen LogP contribution in [-0.2, 0) is 11.2 Å². The Bertz CT molecular complexity index is 612. The number of hydrogen-bond acceptors (Lipinski definition) is 4. The first-order chi connectivity index (χ1) is 9.28. The van der Waals surface area contributed by atoms with Crippen LogP contribution in [0.1, 0.15) is 22.9 Å². The van der Waals surface area contributed by atoms with Crippen LogP contribution < -0.4 is 11.1 Å². The predicted molar refractivity (Wildman–Crippen MR) is 71.7 cm³/mol. The molecule has 3 N–H and O–H groups in total. The van der Waals surface area contributed by atoms with Crippen LogP contribution in [-0.4, -0.2) is 22.4 Å². The fourth-order valence-corrected chi connectivity index (χ4v) is 2.35. The Kier molecular flexibility index (Phi) is 2.97. The number of nitrogens with zero attached hydrogens (tertiary/aromatic N) is 2. The van der Waals surface area contributed by atoms with Gasteiger partial charge in [-0.05, 0) is 23.3 Å². The van der Waals surface area contributed by atoms with E-state index in [9.17, 15) is 4.79 Å². The molecular weight excluding hydrogens is 240 g/mol. The Balaban J connectivity index is 1.97. The minimum Gasteiger partial charge on any atom is -0.329 e. The number of amides is 1. The molecule has 0 aliphatic carbocycles. The van der Waals surface area contributed by atoms with Crippen LogP contribution >= 0.6 is 0 Å². The molecule has 0 spiro atoms. The minimum absolute atomic E-state index is 0.0346. The molecule has 1 aromatic carbocycles. The first-order valence-electron chi connectivity index (χ1n) is 6.17. The van der Waals surface area contributed by atoms with Crippen molar-refractivity contribution in [2.75, 3.05) is 11.9 Å². The Morgan fingerprint density at radius 3 is 2.84 bits per heavy atom. The van der Waals surface area contributed by atoms with E-state index in [1.54, 1.807) is 18.5 Å². The van der Waals surface area contributed by atoms with Gasteiger partial charge in [0.15, 0.2) is 0 Å². The van der Waals surface area contributed by atoms with Gasteiger partial charge in [0, 0.05) is 24.6 Å². The summed E-state index contributed by atoms with van der Waals surface area (Å²) >= 11 is 0. The fourth-order valence-electron chi connectivity index (χ4n) is 2.35. The molecule has 5 nitrogen and oxygen atoms in total. The third-order valence-corrected chi connectivity index (χ3v) is 3.29. The molecule has 0 bridgehead atoms. The van der Waals surface area contributed by atoms with Crippen LogP contribution in [0, 0.1) is 0 Å². The lowest BCUT2D eigenvalue weighted by Crippen LogP contribution is -2.16. The lowest BCUT2D eigenvalue weighted by molar-refractivity contribution is -0.115. The highest BCUT2D eigenvalue weighted by molar-refractivity contribution is 5.99. The van der Waals surface area contributed by atoms with E-state index in [0.717, 1.165) is 16.8 Å². The molecule has 3 rings (SSSR count). The van der Waals surface area contributed by atoms with E-state index >= 15 is 0 Å². The maximum absolute atomic E-state index is 11.4. The number of aromatic nitrogens is 2. The van der Waals surface area contributed by atoms with Crippen molar-refractivity contribution in [1.82, 2.24) is 9.97 Å². The van der Waals surface area contributed by atoms with Crippen LogP contribution in [0.2, 0.25) is 0 Å². The molecule has 5 heteroatoms. The van der Waals surface area contributed by atoms with Gasteiger partial charge < -0.3 is 11.1 Å². The third kappa shape index (κ3) is 2.20. The molecule has 0 radical (unpaired) electrons. The number of rotatable bonds is 3. The molecule has 0 saturated heterocycles. The number of benzene rings is 1. The van der Waals surface area contributed by atoms with E-state index < -0.39 is 0 Å². The lowest BCUT2D eigenvalue weighted by atomic mass is 9.95. The Morgan fingerprint density at radius 1 is 1.32 bits per heavy atom. The normalized spacial score (nSPS) is 14.9. The van der Waals surface area contributed by atoms with E-state index in [1.165, 1.54) is 0 Å². The maximum Gasteiger partial charge on any atom is 0.228 e. The fraction of sp³-hybridized carbons (Fsp3) is 0.214. The summed E-state index contributed by atoms with van der Waals surface area (Å²) in [6.45, 7) is 0.435. The van der Waals surface area contributed by atoms with Gasteiger partial charge in [0.05, 0.1) is 12.3 Å². The minimum atomic E-state index is -0.0396. The van der Waals surface area contributed by atoms with Gasteiger partial charge in [0.25, 0.3) is 0 Å². The molecule has 2 aromatic rings. The zero-order valence-electron chi connectivity index (χ0n) is 10.3. The van der Waals surface area contributed by atoms with Gasteiger partial charge >= 0.3 is 0 Å². The number of carbonyl (C=O) groups excluding carboxylic acids is 1. The van der Waals surface area contributed by atoms with Crippen molar-refractivity contribution in [2.45, 2.75) is 12.3 Å². The van der Waals surface area contributed by atoms with Gasteiger partial charge in [-0.25, -0.2) is 9.97 Å². The lowest BCUT2D eigenvalue weighted by Gasteiger charge is -2.14. The van der Waals surface area contributed by atoms with E-state index in [4.69, 9.17) is 5.73 Å². The Morgan fingerprint density at radius 2 is 2.11 bits per heavy atom. The van der Waals surface area contributed by atoms with E-state index in [0.29, 0.717) is 18.8 Å². The number of hydrogen-bond donors (Lipinski definition) is 2. The number of fused-ring (bicyclic) bond motifs is 1. The average Bonchev–Trinajstić information content (AvgIpc) is 2.80. The van der Waals surface area contributed by atoms with Gasteiger partial charge in [-0.1, -0.05) is 12.1 Å². The Labute approximate surface area is 110 Å². The molecule has 0 fully saturated rings. The predicted octanol–water partition coefficient (Wildman–Crippen LogP) is 1.06. The quantitative estimate of drug-likeness (QED) is 0.858. The third-order valence-electron chi connectivity index (χ3n) is 3.29. The molecule has 0 saturated carbocycles. The monoisotopic (exact) mass is 254 g/mol. The molecule has 19 heavy (non-hydrogen) atoms. The van der Waals surface area contributed by atoms with Gasteiger partial charge in [0.1, 0.15) is 5.82 Å². The molecule has 1 amide bonds. The van der Waals surface area contributed by atoms with Crippen molar-refractivity contribution >= 4 is 11.6 Å². The van der Waals surface area contributed by atoms with Crippen molar-refractivity contribution in [3.63, 3.8) is 0 Å². The second-order valence-electron chi connectivity index (χ2n) is 4.54. The van der Waals surface area contributed by atoms with E-state index in [2.05, 4.69) is 15.3 Å². The number of nitrogens with two attached hydrogens (primary N) is 1. The Hall–Kier alpha value is -2.27. The van der Waals surface area contributed by atoms with Gasteiger partial charge in [-0.3, -0.25) is 4.79 Å². The highest BCUT2D eigenvalue weighted by atomic mass is 16.1. The van der Waals surface area contributed by atoms with Crippen molar-refractivity contribution < 1.29 is 4.79 Å². The highest BCUT2D eigenvalue weighted by Crippen LogP contribution is 2.28. The van der Waals surface area contributed by atoms with Crippen LogP contribution in [0.4, 0.5) is 5.69 Å². The van der Waals surface area contributed by atoms with E-state index in [-0.39, 0.29) is 11.8 Å². The summed E-state index contributed by atoms with van der Waals surface area (Å²) in [6.07, 6.45) is 3.85. The molecule has 1 atom stereocenters. The summed E-state index contributed by atoms with van der Waals surface area (Å²) in [5.41, 5.74) is 8.79. The largest absolute Gasteiger partial charge is 0.329 e. The van der Waals surface area contributed by atoms with Crippen molar-refractivity contribution in [1.29, 1.82) is 0 Å². The standard InChI is InChI=1S/C14H14N4O/c15-8-11(14-16-4-1-5-17-14)9-2-3-12-10(6-9)7-13(19)18-12/h1-6,11H,7-8,15H2,(H,18,19). The van der Waals surface area contributed by atoms with Crippen LogP contribution in [0.15, 0.2) is 36.7 Å². The second-order valence-corrected chi connectivity index (χ2v) is 4.54. The first kappa shape index (κ1) is 11.8. The summed E-state index contributed by atoms with van der Waals surface area (Å²) < 4.78 is 0. The summed E-state index contributed by atoms with van der Waals surface area (Å²) in [4.78, 5) is 19.9. The van der Waals surface area contributed by atoms with Gasteiger partial charge in [-0.15, -0.1) is 0 Å². The van der Waals surface area contributed by atoms with Crippen LogP contribution in [0.25, 0.3) is 0 Å². The number of carbonyl (C=O) groups is 1. The molecule has 2 heterocycles. The molecule has 1 aliphatic rings. The van der Waals surface area contributed by atoms with E-state index in [1.807, 2.05) is 18.2 Å². The molecule has 96 valence electrons. The summed E-state index contributed by atoms with van der Waals surface area (Å²) in [6, 6.07) is 7.68. The molecule has 1 unspecified atom stereocenters. The summed E-state index contributed by atoms with van der Waals surface area (Å²) in [5, 5.41) is 2.82. The molecular formula is C14H14N4O. The zero-order valence-corrected chi connectivity index (χ0v) is 10.3. The van der Waals surface area contributed by atoms with Crippen molar-refractivity contribution in [3.05, 3.63) is 53.6 Å². The molecule has 1 aliphatic heterocycles. The topological polar surface area (TPSA) is 80.9 Å². The highest BCUT2D eigenvalue weighted by Gasteiger charge is 2.21. The maximum atomic E-state index is 11.4. The number of anilines is 1. The van der Waals surface area contributed by atoms with Crippen molar-refractivity contribution in [2.24, 2.45) is 5.73 Å². The average molecular weight is 254 g/mol. The van der Waals surface area contributed by atoms with Crippen LogP contribution in [0.5, 0.6) is 0 Å². The van der Waals surface area contributed by atoms with Crippen LogP contribution in [0.3, 0.4) is 0 Å². The zero-order chi connectivity index (χ0) is 13.2. The smallest absolute Gasteiger partial charge is 0.228 e. The van der Waals surface area contributed by atoms with Crippen molar-refractivity contribution in [3.8, 4) is 0 Å². The first-order valence-corrected chi connectivity index (χ1v) is 6.17. The number of nitrogens with one attached hydrogen (secondary N) is 1.